The van der Waals surface area contributed by atoms with Crippen LogP contribution in [0.4, 0.5) is 0 Å². The Morgan fingerprint density at radius 1 is 1.19 bits per heavy atom. The topological polar surface area (TPSA) is 60.7 Å². The second-order valence-corrected chi connectivity index (χ2v) is 7.16. The summed E-state index contributed by atoms with van der Waals surface area (Å²) in [6.07, 6.45) is 5.46. The van der Waals surface area contributed by atoms with Gasteiger partial charge in [0, 0.05) is 5.56 Å². The molecule has 1 aromatic heterocycles. The summed E-state index contributed by atoms with van der Waals surface area (Å²) in [7, 11) is 1.29. The molecule has 2 aromatic carbocycles. The minimum atomic E-state index is -0.478. The number of nitrogens with zero attached hydrogens (tertiary/aromatic N) is 2. The summed E-state index contributed by atoms with van der Waals surface area (Å²) >= 11 is 13.7. The number of hydrogen-bond donors (Lipinski definition) is 0. The van der Waals surface area contributed by atoms with Crippen molar-refractivity contribution in [3.8, 4) is 12.3 Å². The predicted octanol–water partition coefficient (Wildman–Crippen LogP) is 4.17. The molecule has 0 saturated carbocycles. The Morgan fingerprint density at radius 2 is 1.85 bits per heavy atom. The van der Waals surface area contributed by atoms with E-state index in [4.69, 9.17) is 29.6 Å². The highest BCUT2D eigenvalue weighted by Gasteiger charge is 2.14. The molecule has 0 N–H and O–H groups in total. The normalized spacial score (nSPS) is 11.4. The third kappa shape index (κ3) is 3.76. The van der Waals surface area contributed by atoms with Crippen molar-refractivity contribution in [2.75, 3.05) is 7.11 Å². The Hall–Kier alpha value is -2.59. The third-order valence-corrected chi connectivity index (χ3v) is 5.57. The summed E-state index contributed by atoms with van der Waals surface area (Å²) in [5, 5.41) is 0.751. The lowest BCUT2D eigenvalue weighted by atomic mass is 10.1. The van der Waals surface area contributed by atoms with Gasteiger partial charge in [-0.2, -0.15) is 4.99 Å². The molecule has 0 bridgehead atoms. The molecule has 0 radical (unpaired) electrons. The van der Waals surface area contributed by atoms with Crippen LogP contribution in [0.3, 0.4) is 0 Å². The maximum absolute atomic E-state index is 12.5. The Balaban J connectivity index is 2.08. The van der Waals surface area contributed by atoms with Crippen LogP contribution in [0.25, 0.3) is 10.2 Å². The van der Waals surface area contributed by atoms with Gasteiger partial charge in [0.2, 0.25) is 0 Å². The van der Waals surface area contributed by atoms with Crippen LogP contribution in [0, 0.1) is 12.3 Å². The number of halogens is 2. The Bertz CT molecular complexity index is 1150. The molecule has 0 spiro atoms. The molecule has 8 heteroatoms. The van der Waals surface area contributed by atoms with Crippen molar-refractivity contribution in [2.24, 2.45) is 4.99 Å². The molecule has 5 nitrogen and oxygen atoms in total. The minimum absolute atomic E-state index is 0.188. The monoisotopic (exact) mass is 418 g/mol. The SMILES string of the molecule is C#CCn1c(=NC(=O)c2ccc(C(=O)OC)cc2)sc2ccc(Cl)c(Cl)c21. The molecular formula is C19H12Cl2N2O3S. The van der Waals surface area contributed by atoms with E-state index in [0.717, 1.165) is 4.70 Å². The van der Waals surface area contributed by atoms with E-state index in [1.807, 2.05) is 0 Å². The lowest BCUT2D eigenvalue weighted by Gasteiger charge is -2.03. The maximum atomic E-state index is 12.5. The van der Waals surface area contributed by atoms with Crippen LogP contribution in [-0.4, -0.2) is 23.6 Å². The van der Waals surface area contributed by atoms with E-state index in [1.165, 1.54) is 42.7 Å². The van der Waals surface area contributed by atoms with Crippen molar-refractivity contribution < 1.29 is 14.3 Å². The molecule has 0 aliphatic carbocycles. The summed E-state index contributed by atoms with van der Waals surface area (Å²) in [4.78, 5) is 28.6. The van der Waals surface area contributed by atoms with Crippen molar-refractivity contribution in [1.29, 1.82) is 0 Å². The summed E-state index contributed by atoms with van der Waals surface area (Å²) in [5.74, 6) is 1.59. The number of thiazole rings is 1. The number of amides is 1. The molecular weight excluding hydrogens is 407 g/mol. The highest BCUT2D eigenvalue weighted by atomic mass is 35.5. The Kier molecular flexibility index (Phi) is 5.66. The summed E-state index contributed by atoms with van der Waals surface area (Å²) in [5.41, 5.74) is 1.32. The first-order valence-corrected chi connectivity index (χ1v) is 9.21. The number of methoxy groups -OCH3 is 1. The number of carbonyl (C=O) groups excluding carboxylic acids is 2. The van der Waals surface area contributed by atoms with E-state index in [9.17, 15) is 9.59 Å². The molecule has 3 aromatic rings. The van der Waals surface area contributed by atoms with E-state index in [2.05, 4.69) is 15.6 Å². The third-order valence-electron chi connectivity index (χ3n) is 3.73. The maximum Gasteiger partial charge on any atom is 0.337 e. The number of benzene rings is 2. The van der Waals surface area contributed by atoms with Gasteiger partial charge in [0.1, 0.15) is 0 Å². The summed E-state index contributed by atoms with van der Waals surface area (Å²) < 4.78 is 7.13. The van der Waals surface area contributed by atoms with Gasteiger partial charge in [0.05, 0.1) is 39.5 Å². The molecule has 0 saturated heterocycles. The van der Waals surface area contributed by atoms with Gasteiger partial charge in [-0.25, -0.2) is 4.79 Å². The van der Waals surface area contributed by atoms with Crippen molar-refractivity contribution in [3.05, 3.63) is 62.4 Å². The lowest BCUT2D eigenvalue weighted by Crippen LogP contribution is -2.16. The van der Waals surface area contributed by atoms with Gasteiger partial charge >= 0.3 is 5.97 Å². The van der Waals surface area contributed by atoms with Crippen molar-refractivity contribution in [2.45, 2.75) is 6.54 Å². The fourth-order valence-corrected chi connectivity index (χ4v) is 3.96. The van der Waals surface area contributed by atoms with Crippen LogP contribution in [0.1, 0.15) is 20.7 Å². The number of rotatable bonds is 3. The predicted molar refractivity (Wildman–Crippen MR) is 106 cm³/mol. The van der Waals surface area contributed by atoms with Gasteiger partial charge < -0.3 is 9.30 Å². The number of terminal acetylenes is 1. The standard InChI is InChI=1S/C19H12Cl2N2O3S/c1-3-10-23-16-14(9-8-13(20)15(16)21)27-19(23)22-17(24)11-4-6-12(7-5-11)18(25)26-2/h1,4-9H,10H2,2H3. The number of aromatic nitrogens is 1. The number of ether oxygens (including phenoxy) is 1. The number of carbonyl (C=O) groups is 2. The van der Waals surface area contributed by atoms with E-state index >= 15 is 0 Å². The highest BCUT2D eigenvalue weighted by Crippen LogP contribution is 2.32. The molecule has 136 valence electrons. The summed E-state index contributed by atoms with van der Waals surface area (Å²) in [6.45, 7) is 0.188. The molecule has 0 fully saturated rings. The first-order chi connectivity index (χ1) is 13.0. The fraction of sp³-hybridized carbons (Fsp3) is 0.105. The molecule has 27 heavy (non-hydrogen) atoms. The van der Waals surface area contributed by atoms with E-state index < -0.39 is 11.9 Å². The average Bonchev–Trinajstić information content (AvgIpc) is 3.02. The second-order valence-electron chi connectivity index (χ2n) is 5.37. The molecule has 0 atom stereocenters. The molecule has 0 aliphatic heterocycles. The zero-order valence-corrected chi connectivity index (χ0v) is 16.4. The fourth-order valence-electron chi connectivity index (χ4n) is 2.44. The molecule has 3 rings (SSSR count). The van der Waals surface area contributed by atoms with Crippen LogP contribution in [0.15, 0.2) is 41.4 Å². The van der Waals surface area contributed by atoms with E-state index in [0.29, 0.717) is 31.5 Å². The molecule has 1 amide bonds. The first-order valence-electron chi connectivity index (χ1n) is 7.64. The van der Waals surface area contributed by atoms with Gasteiger partial charge in [-0.1, -0.05) is 40.5 Å². The van der Waals surface area contributed by atoms with Gasteiger partial charge in [-0.05, 0) is 36.4 Å². The van der Waals surface area contributed by atoms with E-state index in [-0.39, 0.29) is 6.54 Å². The number of fused-ring (bicyclic) bond motifs is 1. The van der Waals surface area contributed by atoms with Crippen LogP contribution in [-0.2, 0) is 11.3 Å². The van der Waals surface area contributed by atoms with E-state index in [1.54, 1.807) is 16.7 Å². The summed E-state index contributed by atoms with van der Waals surface area (Å²) in [6, 6.07) is 9.52. The Morgan fingerprint density at radius 3 is 2.48 bits per heavy atom. The molecule has 0 unspecified atom stereocenters. The first kappa shape index (κ1) is 19.2. The largest absolute Gasteiger partial charge is 0.465 e. The zero-order valence-electron chi connectivity index (χ0n) is 14.0. The second kappa shape index (κ2) is 7.97. The van der Waals surface area contributed by atoms with Gasteiger partial charge in [-0.3, -0.25) is 4.79 Å². The molecule has 1 heterocycles. The quantitative estimate of drug-likeness (QED) is 0.473. The molecule has 0 aliphatic rings. The van der Waals surface area contributed by atoms with Crippen LogP contribution in [0.2, 0.25) is 10.0 Å². The lowest BCUT2D eigenvalue weighted by molar-refractivity contribution is 0.0600. The smallest absolute Gasteiger partial charge is 0.337 e. The van der Waals surface area contributed by atoms with Crippen molar-refractivity contribution in [3.63, 3.8) is 0 Å². The Labute approximate surface area is 168 Å². The minimum Gasteiger partial charge on any atom is -0.465 e. The van der Waals surface area contributed by atoms with Crippen molar-refractivity contribution >= 4 is 56.6 Å². The average molecular weight is 419 g/mol. The van der Waals surface area contributed by atoms with Crippen LogP contribution >= 0.6 is 34.5 Å². The zero-order chi connectivity index (χ0) is 19.6. The van der Waals surface area contributed by atoms with Crippen LogP contribution < -0.4 is 4.80 Å². The van der Waals surface area contributed by atoms with Crippen molar-refractivity contribution in [1.82, 2.24) is 4.57 Å². The van der Waals surface area contributed by atoms with Gasteiger partial charge in [0.15, 0.2) is 4.80 Å². The van der Waals surface area contributed by atoms with Gasteiger partial charge in [0.25, 0.3) is 5.91 Å². The highest BCUT2D eigenvalue weighted by molar-refractivity contribution is 7.16. The number of esters is 1. The van der Waals surface area contributed by atoms with Crippen LogP contribution in [0.5, 0.6) is 0 Å². The van der Waals surface area contributed by atoms with Gasteiger partial charge in [-0.15, -0.1) is 6.42 Å². The number of hydrogen-bond acceptors (Lipinski definition) is 4.